The third-order valence-electron chi connectivity index (χ3n) is 4.18. The molecule has 3 atom stereocenters. The number of carbonyl (C=O) groups excluding carboxylic acids is 1. The minimum absolute atomic E-state index is 0.0361. The molecule has 0 radical (unpaired) electrons. The van der Waals surface area contributed by atoms with Crippen LogP contribution in [0.25, 0.3) is 0 Å². The van der Waals surface area contributed by atoms with Gasteiger partial charge in [0.25, 0.3) is 0 Å². The van der Waals surface area contributed by atoms with Crippen LogP contribution in [0.3, 0.4) is 0 Å². The second kappa shape index (κ2) is 5.36. The van der Waals surface area contributed by atoms with Crippen molar-refractivity contribution >= 4 is 5.91 Å². The first-order chi connectivity index (χ1) is 7.81. The Bertz CT molecular complexity index is 269. The molecule has 17 heavy (non-hydrogen) atoms. The average Bonchev–Trinajstić information content (AvgIpc) is 2.27. The van der Waals surface area contributed by atoms with Gasteiger partial charge in [0.15, 0.2) is 0 Å². The van der Waals surface area contributed by atoms with Gasteiger partial charge in [0, 0.05) is 13.1 Å². The number of nitrogens with zero attached hydrogens (tertiary/aromatic N) is 1. The molecule has 3 N–H and O–H groups in total. The minimum Gasteiger partial charge on any atom is -0.394 e. The smallest absolute Gasteiger partial charge is 0.227 e. The summed E-state index contributed by atoms with van der Waals surface area (Å²) < 4.78 is 0. The Morgan fingerprint density at radius 2 is 2.06 bits per heavy atom. The van der Waals surface area contributed by atoms with Crippen LogP contribution in [0, 0.1) is 11.8 Å². The van der Waals surface area contributed by atoms with Gasteiger partial charge in [-0.05, 0) is 32.6 Å². The van der Waals surface area contributed by atoms with Gasteiger partial charge in [-0.1, -0.05) is 13.3 Å². The Morgan fingerprint density at radius 1 is 1.47 bits per heavy atom. The van der Waals surface area contributed by atoms with Crippen molar-refractivity contribution in [3.05, 3.63) is 0 Å². The highest BCUT2D eigenvalue weighted by Gasteiger charge is 2.39. The summed E-state index contributed by atoms with van der Waals surface area (Å²) in [5.41, 5.74) is 5.56. The van der Waals surface area contributed by atoms with Crippen molar-refractivity contribution in [3.8, 4) is 0 Å². The summed E-state index contributed by atoms with van der Waals surface area (Å²) in [6.45, 7) is 5.79. The number of carbonyl (C=O) groups is 1. The van der Waals surface area contributed by atoms with Crippen LogP contribution in [0.2, 0.25) is 0 Å². The molecule has 0 spiro atoms. The van der Waals surface area contributed by atoms with Crippen LogP contribution in [0.5, 0.6) is 0 Å². The van der Waals surface area contributed by atoms with E-state index in [2.05, 4.69) is 6.92 Å². The van der Waals surface area contributed by atoms with Crippen LogP contribution in [0.15, 0.2) is 0 Å². The highest BCUT2D eigenvalue weighted by molar-refractivity contribution is 5.80. The summed E-state index contributed by atoms with van der Waals surface area (Å²) >= 11 is 0. The Morgan fingerprint density at radius 3 is 2.53 bits per heavy atom. The molecule has 0 aromatic carbocycles. The highest BCUT2D eigenvalue weighted by atomic mass is 16.3. The molecular formula is C13H26N2O2. The highest BCUT2D eigenvalue weighted by Crippen LogP contribution is 2.31. The molecule has 1 fully saturated rings. The molecule has 100 valence electrons. The number of rotatable bonds is 3. The number of amides is 1. The zero-order valence-corrected chi connectivity index (χ0v) is 11.4. The fourth-order valence-corrected chi connectivity index (χ4v) is 2.51. The van der Waals surface area contributed by atoms with Crippen molar-refractivity contribution in [3.63, 3.8) is 0 Å². The first-order valence-electron chi connectivity index (χ1n) is 6.45. The van der Waals surface area contributed by atoms with Gasteiger partial charge in [0.05, 0.1) is 18.1 Å². The standard InChI is InChI=1S/C13H26N2O2/c1-9-6-5-7-10(14)11(9)12(17)15(4)13(2,3)8-16/h9-11,16H,5-8,14H2,1-4H3. The molecular weight excluding hydrogens is 216 g/mol. The molecule has 1 rings (SSSR count). The van der Waals surface area contributed by atoms with Crippen LogP contribution in [0.4, 0.5) is 0 Å². The molecule has 4 heteroatoms. The van der Waals surface area contributed by atoms with E-state index in [1.165, 1.54) is 0 Å². The van der Waals surface area contributed by atoms with E-state index in [1.54, 1.807) is 11.9 Å². The van der Waals surface area contributed by atoms with E-state index in [4.69, 9.17) is 5.73 Å². The largest absolute Gasteiger partial charge is 0.394 e. The molecule has 4 nitrogen and oxygen atoms in total. The lowest BCUT2D eigenvalue weighted by Crippen LogP contribution is -2.55. The quantitative estimate of drug-likeness (QED) is 0.775. The normalized spacial score (nSPS) is 30.1. The number of likely N-dealkylation sites (N-methyl/N-ethyl adjacent to an activating group) is 1. The van der Waals surface area contributed by atoms with Crippen molar-refractivity contribution in [2.24, 2.45) is 17.6 Å². The summed E-state index contributed by atoms with van der Waals surface area (Å²) in [6.07, 6.45) is 3.10. The molecule has 1 amide bonds. The van der Waals surface area contributed by atoms with Crippen LogP contribution in [-0.2, 0) is 4.79 Å². The van der Waals surface area contributed by atoms with Crippen molar-refractivity contribution in [1.29, 1.82) is 0 Å². The van der Waals surface area contributed by atoms with E-state index in [0.717, 1.165) is 19.3 Å². The lowest BCUT2D eigenvalue weighted by atomic mass is 9.76. The summed E-state index contributed by atoms with van der Waals surface area (Å²) in [7, 11) is 1.76. The summed E-state index contributed by atoms with van der Waals surface area (Å²) in [6, 6.07) is -0.0387. The topological polar surface area (TPSA) is 66.6 Å². The maximum absolute atomic E-state index is 12.5. The fraction of sp³-hybridized carbons (Fsp3) is 0.923. The van der Waals surface area contributed by atoms with Crippen molar-refractivity contribution < 1.29 is 9.90 Å². The number of aliphatic hydroxyl groups excluding tert-OH is 1. The van der Waals surface area contributed by atoms with Gasteiger partial charge < -0.3 is 15.7 Å². The summed E-state index contributed by atoms with van der Waals surface area (Å²) in [4.78, 5) is 14.1. The van der Waals surface area contributed by atoms with Crippen LogP contribution in [0.1, 0.15) is 40.0 Å². The summed E-state index contributed by atoms with van der Waals surface area (Å²) in [5, 5.41) is 9.32. The average molecular weight is 242 g/mol. The Labute approximate surface area is 104 Å². The Kier molecular flexibility index (Phi) is 4.55. The lowest BCUT2D eigenvalue weighted by molar-refractivity contribution is -0.143. The maximum Gasteiger partial charge on any atom is 0.227 e. The fourth-order valence-electron chi connectivity index (χ4n) is 2.51. The molecule has 0 heterocycles. The lowest BCUT2D eigenvalue weighted by Gasteiger charge is -2.41. The number of aliphatic hydroxyl groups is 1. The third-order valence-corrected chi connectivity index (χ3v) is 4.18. The van der Waals surface area contributed by atoms with E-state index in [-0.39, 0.29) is 24.5 Å². The second-order valence-corrected chi connectivity index (χ2v) is 5.97. The zero-order valence-electron chi connectivity index (χ0n) is 11.4. The molecule has 0 saturated heterocycles. The van der Waals surface area contributed by atoms with E-state index >= 15 is 0 Å². The molecule has 0 aromatic heterocycles. The van der Waals surface area contributed by atoms with E-state index < -0.39 is 5.54 Å². The van der Waals surface area contributed by atoms with Gasteiger partial charge in [-0.2, -0.15) is 0 Å². The minimum atomic E-state index is -0.520. The molecule has 1 saturated carbocycles. The monoisotopic (exact) mass is 242 g/mol. The van der Waals surface area contributed by atoms with Gasteiger partial charge in [-0.15, -0.1) is 0 Å². The summed E-state index contributed by atoms with van der Waals surface area (Å²) in [5.74, 6) is 0.312. The molecule has 0 aromatic rings. The Hall–Kier alpha value is -0.610. The van der Waals surface area contributed by atoms with Gasteiger partial charge in [0.2, 0.25) is 5.91 Å². The second-order valence-electron chi connectivity index (χ2n) is 5.97. The first-order valence-corrected chi connectivity index (χ1v) is 6.45. The van der Waals surface area contributed by atoms with Gasteiger partial charge in [-0.25, -0.2) is 0 Å². The van der Waals surface area contributed by atoms with Gasteiger partial charge >= 0.3 is 0 Å². The first kappa shape index (κ1) is 14.5. The number of nitrogens with two attached hydrogens (primary N) is 1. The van der Waals surface area contributed by atoms with E-state index in [0.29, 0.717) is 5.92 Å². The predicted octanol–water partition coefficient (Wildman–Crippen LogP) is 0.979. The molecule has 1 aliphatic carbocycles. The SMILES string of the molecule is CC1CCCC(N)C1C(=O)N(C)C(C)(C)CO. The zero-order chi connectivity index (χ0) is 13.2. The molecule has 0 aliphatic heterocycles. The molecule has 3 unspecified atom stereocenters. The van der Waals surface area contributed by atoms with Crippen molar-refractivity contribution in [1.82, 2.24) is 4.90 Å². The van der Waals surface area contributed by atoms with Gasteiger partial charge in [-0.3, -0.25) is 4.79 Å². The van der Waals surface area contributed by atoms with Crippen molar-refractivity contribution in [2.75, 3.05) is 13.7 Å². The third kappa shape index (κ3) is 2.99. The van der Waals surface area contributed by atoms with Crippen LogP contribution >= 0.6 is 0 Å². The number of hydrogen-bond donors (Lipinski definition) is 2. The van der Waals surface area contributed by atoms with Crippen LogP contribution in [-0.4, -0.2) is 41.1 Å². The van der Waals surface area contributed by atoms with Crippen LogP contribution < -0.4 is 5.73 Å². The van der Waals surface area contributed by atoms with Crippen molar-refractivity contribution in [2.45, 2.75) is 51.6 Å². The molecule has 1 aliphatic rings. The number of hydrogen-bond acceptors (Lipinski definition) is 3. The van der Waals surface area contributed by atoms with E-state index in [1.807, 2.05) is 13.8 Å². The predicted molar refractivity (Wildman–Crippen MR) is 68.4 cm³/mol. The van der Waals surface area contributed by atoms with Gasteiger partial charge in [0.1, 0.15) is 0 Å². The maximum atomic E-state index is 12.5. The molecule has 0 bridgehead atoms. The Balaban J connectivity index is 2.80. The van der Waals surface area contributed by atoms with E-state index in [9.17, 15) is 9.90 Å².